The van der Waals surface area contributed by atoms with Gasteiger partial charge in [0.25, 0.3) is 10.0 Å². The number of fused-ring (bicyclic) bond motifs is 1. The van der Waals surface area contributed by atoms with Crippen molar-refractivity contribution in [1.82, 2.24) is 13.7 Å². The van der Waals surface area contributed by atoms with Gasteiger partial charge in [0.05, 0.1) is 16.3 Å². The summed E-state index contributed by atoms with van der Waals surface area (Å²) in [6.07, 6.45) is 3.49. The van der Waals surface area contributed by atoms with E-state index in [-0.39, 0.29) is 17.2 Å². The van der Waals surface area contributed by atoms with Crippen molar-refractivity contribution in [2.45, 2.75) is 47.9 Å². The van der Waals surface area contributed by atoms with Crippen molar-refractivity contribution in [3.05, 3.63) is 105 Å². The molecule has 5 rings (SSSR count). The zero-order valence-electron chi connectivity index (χ0n) is 22.7. The molecule has 2 atom stereocenters. The van der Waals surface area contributed by atoms with E-state index < -0.39 is 42.1 Å². The van der Waals surface area contributed by atoms with Crippen LogP contribution in [-0.4, -0.2) is 34.3 Å². The van der Waals surface area contributed by atoms with E-state index >= 15 is 8.78 Å². The number of imidazole rings is 1. The van der Waals surface area contributed by atoms with Gasteiger partial charge in [0.1, 0.15) is 17.5 Å². The zero-order valence-corrected chi connectivity index (χ0v) is 25.9. The lowest BCUT2D eigenvalue weighted by Crippen LogP contribution is -2.29. The van der Waals surface area contributed by atoms with Crippen LogP contribution in [-0.2, 0) is 31.9 Å². The molecule has 1 N–H and O–H groups in total. The molecule has 0 amide bonds. The van der Waals surface area contributed by atoms with Gasteiger partial charge < -0.3 is 0 Å². The molecule has 0 radical (unpaired) electrons. The van der Waals surface area contributed by atoms with Crippen LogP contribution < -0.4 is 4.13 Å². The van der Waals surface area contributed by atoms with Crippen molar-refractivity contribution < 1.29 is 25.8 Å². The Labute approximate surface area is 252 Å². The molecule has 0 saturated carbocycles. The fourth-order valence-corrected chi connectivity index (χ4v) is 8.97. The van der Waals surface area contributed by atoms with Crippen LogP contribution in [0, 0.1) is 24.4 Å². The fraction of sp³-hybridized carbons (Fsp3) is 0.241. The summed E-state index contributed by atoms with van der Waals surface area (Å²) in [5.74, 6) is 0.421. The third-order valence-corrected chi connectivity index (χ3v) is 11.5. The van der Waals surface area contributed by atoms with Gasteiger partial charge in [0.15, 0.2) is 5.16 Å². The Morgan fingerprint density at radius 2 is 1.74 bits per heavy atom. The number of aryl methyl sites for hydroxylation is 2. The number of sulfonamides is 1. The highest BCUT2D eigenvalue weighted by molar-refractivity contribution is 8.09. The van der Waals surface area contributed by atoms with E-state index in [0.717, 1.165) is 53.4 Å². The highest BCUT2D eigenvalue weighted by Crippen LogP contribution is 2.42. The highest BCUT2D eigenvalue weighted by atomic mass is 35.5. The lowest BCUT2D eigenvalue weighted by Gasteiger charge is -2.25. The molecule has 3 aromatic carbocycles. The van der Waals surface area contributed by atoms with Crippen molar-refractivity contribution in [3.63, 3.8) is 0 Å². The summed E-state index contributed by atoms with van der Waals surface area (Å²) in [7, 11) is -7.67. The summed E-state index contributed by atoms with van der Waals surface area (Å²) in [6, 6.07) is 13.2. The van der Waals surface area contributed by atoms with Crippen molar-refractivity contribution in [3.8, 4) is 5.69 Å². The Hall–Kier alpha value is -2.77. The maximum Gasteiger partial charge on any atom is 0.251 e. The Morgan fingerprint density at radius 3 is 2.36 bits per heavy atom. The number of thioether (sulfide) groups is 1. The van der Waals surface area contributed by atoms with Crippen LogP contribution >= 0.6 is 23.4 Å². The predicted molar refractivity (Wildman–Crippen MR) is 162 cm³/mol. The Kier molecular flexibility index (Phi) is 8.56. The third-order valence-electron chi connectivity index (χ3n) is 6.92. The molecule has 4 aromatic rings. The molecule has 1 aromatic heterocycles. The molecule has 1 aliphatic rings. The van der Waals surface area contributed by atoms with E-state index in [4.69, 9.17) is 16.6 Å². The Morgan fingerprint density at radius 1 is 1.07 bits per heavy atom. The van der Waals surface area contributed by atoms with Crippen LogP contribution in [0.3, 0.4) is 0 Å². The molecule has 222 valence electrons. The average Bonchev–Trinajstić information content (AvgIpc) is 3.27. The van der Waals surface area contributed by atoms with Crippen LogP contribution in [0.25, 0.3) is 5.69 Å². The molecule has 0 fully saturated rings. The van der Waals surface area contributed by atoms with E-state index in [1.165, 1.54) is 12.1 Å². The number of nitrogens with one attached hydrogen (secondary N) is 1. The molecular weight excluding hydrogens is 627 g/mol. The monoisotopic (exact) mass is 653 g/mol. The van der Waals surface area contributed by atoms with Gasteiger partial charge in [0, 0.05) is 43.9 Å². The molecule has 0 bridgehead atoms. The molecule has 0 spiro atoms. The van der Waals surface area contributed by atoms with Crippen molar-refractivity contribution in [1.29, 1.82) is 0 Å². The zero-order chi connectivity index (χ0) is 30.4. The molecule has 1 heterocycles. The van der Waals surface area contributed by atoms with Gasteiger partial charge in [-0.25, -0.2) is 26.6 Å². The summed E-state index contributed by atoms with van der Waals surface area (Å²) >= 11 is 7.37. The number of halogens is 4. The Balaban J connectivity index is 1.55. The summed E-state index contributed by atoms with van der Waals surface area (Å²) in [5, 5.41) is 1.12. The van der Waals surface area contributed by atoms with Gasteiger partial charge in [0.2, 0.25) is 0 Å². The topological polar surface area (TPSA) is 81.1 Å². The second-order valence-electron chi connectivity index (χ2n) is 10.2. The van der Waals surface area contributed by atoms with E-state index in [0.29, 0.717) is 34.4 Å². The minimum Gasteiger partial charge on any atom is -0.291 e. The molecule has 2 unspecified atom stereocenters. The minimum absolute atomic E-state index is 0.0380. The van der Waals surface area contributed by atoms with Crippen molar-refractivity contribution in [2.75, 3.05) is 6.26 Å². The molecule has 42 heavy (non-hydrogen) atoms. The largest absolute Gasteiger partial charge is 0.291 e. The van der Waals surface area contributed by atoms with Crippen LogP contribution in [0.5, 0.6) is 0 Å². The van der Waals surface area contributed by atoms with Gasteiger partial charge in [-0.2, -0.15) is 0 Å². The first-order chi connectivity index (χ1) is 19.7. The molecule has 6 nitrogen and oxygen atoms in total. The second-order valence-corrected chi connectivity index (χ2v) is 15.7. The standard InChI is InChI=1S/C29H27ClF3N3O3S3/c1-17-13-18(7-12-24(17)30)22-5-4-6-27-28(22)36(20-10-8-19(31)9-11-20)29(34-27)40-16-23-25(32)14-21(15-26(23)33)42(38,39)35-41(2,3)37/h7-15,22H,2,4-6,16H2,1,3H3,(H,35,37). The third kappa shape index (κ3) is 6.42. The Bertz CT molecular complexity index is 1870. The van der Waals surface area contributed by atoms with E-state index in [2.05, 4.69) is 5.87 Å². The number of hydrogen-bond acceptors (Lipinski definition) is 5. The summed E-state index contributed by atoms with van der Waals surface area (Å²) < 4.78 is 84.6. The molecular formula is C29H27ClF3N3O3S3. The quantitative estimate of drug-likeness (QED) is 0.172. The fourth-order valence-electron chi connectivity index (χ4n) is 5.04. The SMILES string of the molecule is C=S(C)(=O)NS(=O)(=O)c1cc(F)c(CSc2nc3c(n2-c2ccc(F)cc2)C(c2ccc(Cl)c(C)c2)CCC3)c(F)c1. The van der Waals surface area contributed by atoms with E-state index in [1.54, 1.807) is 12.1 Å². The lowest BCUT2D eigenvalue weighted by molar-refractivity contribution is 0.553. The van der Waals surface area contributed by atoms with Crippen LogP contribution in [0.2, 0.25) is 5.02 Å². The maximum absolute atomic E-state index is 15.1. The van der Waals surface area contributed by atoms with Gasteiger partial charge in [-0.05, 0) is 85.6 Å². The first-order valence-corrected chi connectivity index (χ1v) is 17.8. The number of nitrogens with zero attached hydrogens (tertiary/aromatic N) is 2. The lowest BCUT2D eigenvalue weighted by atomic mass is 9.83. The molecule has 0 saturated heterocycles. The number of rotatable bonds is 8. The normalized spacial score (nSPS) is 16.7. The van der Waals surface area contributed by atoms with E-state index in [9.17, 15) is 17.0 Å². The highest BCUT2D eigenvalue weighted by Gasteiger charge is 2.31. The first kappa shape index (κ1) is 30.7. The van der Waals surface area contributed by atoms with Crippen LogP contribution in [0.4, 0.5) is 13.2 Å². The number of hydrogen-bond donors (Lipinski definition) is 1. The minimum atomic E-state index is -4.46. The summed E-state index contributed by atoms with van der Waals surface area (Å²) in [5.41, 5.74) is 4.06. The number of benzene rings is 3. The van der Waals surface area contributed by atoms with Gasteiger partial charge in [-0.3, -0.25) is 8.78 Å². The average molecular weight is 654 g/mol. The van der Waals surface area contributed by atoms with Crippen LogP contribution in [0.15, 0.2) is 64.6 Å². The summed E-state index contributed by atoms with van der Waals surface area (Å²) in [6.45, 7) is 1.93. The maximum atomic E-state index is 15.1. The van der Waals surface area contributed by atoms with Crippen molar-refractivity contribution >= 4 is 49.0 Å². The van der Waals surface area contributed by atoms with Gasteiger partial charge >= 0.3 is 0 Å². The van der Waals surface area contributed by atoms with Crippen LogP contribution in [0.1, 0.15) is 46.8 Å². The van der Waals surface area contributed by atoms with Crippen molar-refractivity contribution in [2.24, 2.45) is 0 Å². The van der Waals surface area contributed by atoms with E-state index in [1.807, 2.05) is 33.8 Å². The second kappa shape index (κ2) is 11.7. The predicted octanol–water partition coefficient (Wildman–Crippen LogP) is 6.55. The number of aromatic nitrogens is 2. The van der Waals surface area contributed by atoms with Gasteiger partial charge in [-0.1, -0.05) is 35.5 Å². The summed E-state index contributed by atoms with van der Waals surface area (Å²) in [4.78, 5) is 4.15. The molecule has 13 heteroatoms. The molecule has 1 aliphatic carbocycles. The smallest absolute Gasteiger partial charge is 0.251 e. The first-order valence-electron chi connectivity index (χ1n) is 12.8. The van der Waals surface area contributed by atoms with Gasteiger partial charge in [-0.15, -0.1) is 4.13 Å². The molecule has 0 aliphatic heterocycles.